The number of hydrogen-bond acceptors (Lipinski definition) is 4. The van der Waals surface area contributed by atoms with Crippen molar-refractivity contribution >= 4 is 60.8 Å². The van der Waals surface area contributed by atoms with E-state index in [1.165, 1.54) is 82.0 Å². The van der Waals surface area contributed by atoms with Crippen LogP contribution in [0.1, 0.15) is 272 Å². The zero-order chi connectivity index (χ0) is 52.3. The summed E-state index contributed by atoms with van der Waals surface area (Å²) >= 11 is 0. The van der Waals surface area contributed by atoms with Gasteiger partial charge >= 0.3 is 0 Å². The molecule has 7 nitrogen and oxygen atoms in total. The maximum atomic E-state index is 14.5. The van der Waals surface area contributed by atoms with Crippen LogP contribution in [0.4, 0.5) is 0 Å². The summed E-state index contributed by atoms with van der Waals surface area (Å²) in [6.45, 7) is 23.8. The number of rotatable bonds is 34. The third kappa shape index (κ3) is 13.5. The van der Waals surface area contributed by atoms with Crippen molar-refractivity contribution in [3.8, 4) is 0 Å². The van der Waals surface area contributed by atoms with E-state index >= 15 is 0 Å². The number of quaternary nitrogens is 1. The molecule has 7 rings (SSSR count). The standard InChI is InChI=1S/C50H62N2O4.C16H36N/c1-5-9-13-17-21-33(22-18-14-10-6-2)51-47(53)39-29-25-35-37-27-31-41-46-42(32-28-38(44(37)46)36-26-30-40(48(51)54)45(39)43(35)36)50(56)52(49(41)55)34(23-19-15-11-7-3)24-20-16-12-8-4;1-5-9-13-17(14-10-6-2,15-11-7-3)16-12-8-4/h25-34H,5-24H2,1-4H3;5-16H2,1-4H3/q-1;+1. The highest BCUT2D eigenvalue weighted by molar-refractivity contribution is 6.39. The molecule has 0 aromatic heterocycles. The molecule has 1 radical (unpaired) electrons. The summed E-state index contributed by atoms with van der Waals surface area (Å²) < 4.78 is 1.42. The van der Waals surface area contributed by atoms with Gasteiger partial charge in [-0.1, -0.05) is 214 Å². The van der Waals surface area contributed by atoms with Crippen LogP contribution in [0.2, 0.25) is 0 Å². The van der Waals surface area contributed by atoms with E-state index in [1.807, 2.05) is 48.5 Å². The molecule has 0 atom stereocenters. The first-order valence-electron chi connectivity index (χ1n) is 30.4. The number of benzene rings is 5. The Bertz CT molecular complexity index is 2380. The number of fused-ring (bicyclic) bond motifs is 2. The fourth-order valence-corrected chi connectivity index (χ4v) is 12.6. The molecule has 73 heavy (non-hydrogen) atoms. The molecule has 0 saturated carbocycles. The van der Waals surface area contributed by atoms with Gasteiger partial charge in [0, 0.05) is 40.4 Å². The van der Waals surface area contributed by atoms with Gasteiger partial charge in [-0.25, -0.2) is 0 Å². The molecule has 401 valence electrons. The van der Waals surface area contributed by atoms with Gasteiger partial charge in [0.15, 0.2) is 0 Å². The van der Waals surface area contributed by atoms with Crippen LogP contribution in [0.15, 0.2) is 48.5 Å². The van der Waals surface area contributed by atoms with Crippen molar-refractivity contribution < 1.29 is 24.0 Å². The molecular formula is C66H98N3O4. The molecule has 2 aliphatic rings. The monoisotopic (exact) mass is 997 g/mol. The number of amides is 3. The van der Waals surface area contributed by atoms with Crippen LogP contribution in [-0.2, 0) is 0 Å². The summed E-state index contributed by atoms with van der Waals surface area (Å²) in [5.41, 5.74) is 2.36. The Balaban J connectivity index is 0.000000438. The minimum absolute atomic E-state index is 0.113. The SMILES string of the molecule is CCCCCCC(CCCCCC)N1[C]([O-])c2ccc3c4ccc5c6c(ccc(c7ccc(c2c37)C1=O)c64)C(=O)N(C(CCCCCC)CCCCCC)C5=O.CCCC[N+](CCCC)(CCCC)CCCC. The Kier molecular flexibility index (Phi) is 23.3. The van der Waals surface area contributed by atoms with E-state index in [9.17, 15) is 19.5 Å². The van der Waals surface area contributed by atoms with Crippen molar-refractivity contribution in [2.45, 2.75) is 247 Å². The van der Waals surface area contributed by atoms with E-state index in [4.69, 9.17) is 0 Å². The lowest BCUT2D eigenvalue weighted by Gasteiger charge is -2.46. The molecule has 2 aliphatic heterocycles. The maximum Gasteiger partial charge on any atom is 0.261 e. The zero-order valence-electron chi connectivity index (χ0n) is 47.4. The largest absolute Gasteiger partial charge is 0.829 e. The molecule has 5 aromatic carbocycles. The number of unbranched alkanes of at least 4 members (excludes halogenated alkanes) is 16. The third-order valence-corrected chi connectivity index (χ3v) is 16.9. The number of carbonyl (C=O) groups is 3. The van der Waals surface area contributed by atoms with Gasteiger partial charge in [-0.05, 0) is 113 Å². The van der Waals surface area contributed by atoms with Gasteiger partial charge < -0.3 is 14.5 Å². The molecule has 0 aliphatic carbocycles. The van der Waals surface area contributed by atoms with E-state index in [1.54, 1.807) is 9.80 Å². The first-order chi connectivity index (χ1) is 35.6. The van der Waals surface area contributed by atoms with Crippen LogP contribution in [-0.4, -0.2) is 70.3 Å². The van der Waals surface area contributed by atoms with E-state index in [0.29, 0.717) is 22.3 Å². The summed E-state index contributed by atoms with van der Waals surface area (Å²) in [6, 6.07) is 15.6. The molecule has 0 spiro atoms. The van der Waals surface area contributed by atoms with Crippen molar-refractivity contribution in [3.63, 3.8) is 0 Å². The minimum Gasteiger partial charge on any atom is -0.829 e. The first kappa shape index (κ1) is 58.2. The fraction of sp³-hybridized carbons (Fsp3) is 0.636. The Morgan fingerprint density at radius 3 is 0.932 bits per heavy atom. The summed E-state index contributed by atoms with van der Waals surface area (Å²) in [4.78, 5) is 46.7. The lowest BCUT2D eigenvalue weighted by molar-refractivity contribution is -0.929. The van der Waals surface area contributed by atoms with Gasteiger partial charge in [0.25, 0.3) is 17.7 Å². The molecule has 5 aromatic rings. The highest BCUT2D eigenvalue weighted by atomic mass is 16.3. The van der Waals surface area contributed by atoms with Gasteiger partial charge in [0.1, 0.15) is 0 Å². The van der Waals surface area contributed by atoms with Crippen LogP contribution in [0.3, 0.4) is 0 Å². The van der Waals surface area contributed by atoms with Gasteiger partial charge in [-0.2, -0.15) is 0 Å². The second-order valence-corrected chi connectivity index (χ2v) is 22.5. The fourth-order valence-electron chi connectivity index (χ4n) is 12.6. The molecule has 0 N–H and O–H groups in total. The molecular weight excluding hydrogens is 899 g/mol. The molecule has 3 amide bonds. The molecule has 0 unspecified atom stereocenters. The lowest BCUT2D eigenvalue weighted by Crippen LogP contribution is -2.50. The van der Waals surface area contributed by atoms with Crippen molar-refractivity contribution in [2.75, 3.05) is 26.2 Å². The Labute approximate surface area is 443 Å². The van der Waals surface area contributed by atoms with Crippen molar-refractivity contribution in [1.29, 1.82) is 0 Å². The van der Waals surface area contributed by atoms with Crippen LogP contribution in [0, 0.1) is 6.23 Å². The summed E-state index contributed by atoms with van der Waals surface area (Å²) in [7, 11) is 0. The third-order valence-electron chi connectivity index (χ3n) is 16.9. The maximum absolute atomic E-state index is 14.5. The van der Waals surface area contributed by atoms with Crippen molar-refractivity contribution in [3.05, 3.63) is 77.0 Å². The highest BCUT2D eigenvalue weighted by Crippen LogP contribution is 2.48. The quantitative estimate of drug-likeness (QED) is 0.0135. The number of hydrogen-bond donors (Lipinski definition) is 0. The lowest BCUT2D eigenvalue weighted by atomic mass is 9.81. The molecule has 0 bridgehead atoms. The number of nitrogens with zero attached hydrogens (tertiary/aromatic N) is 3. The number of carbonyl (C=O) groups excluding carboxylic acids is 3. The second-order valence-electron chi connectivity index (χ2n) is 22.5. The average Bonchev–Trinajstić information content (AvgIpc) is 3.40. The smallest absolute Gasteiger partial charge is 0.261 e. The number of imide groups is 1. The molecule has 2 heterocycles. The van der Waals surface area contributed by atoms with Gasteiger partial charge in [0.2, 0.25) is 0 Å². The van der Waals surface area contributed by atoms with Gasteiger partial charge in [0.05, 0.1) is 26.2 Å². The Hall–Kier alpha value is -4.07. The first-order valence-corrected chi connectivity index (χ1v) is 30.4. The summed E-state index contributed by atoms with van der Waals surface area (Å²) in [5.74, 6) is -0.560. The van der Waals surface area contributed by atoms with Crippen LogP contribution >= 0.6 is 0 Å². The molecule has 0 saturated heterocycles. The predicted molar refractivity (Wildman–Crippen MR) is 309 cm³/mol. The Morgan fingerprint density at radius 1 is 0.342 bits per heavy atom. The second kappa shape index (κ2) is 29.3. The van der Waals surface area contributed by atoms with Crippen LogP contribution in [0.25, 0.3) is 43.1 Å². The summed E-state index contributed by atoms with van der Waals surface area (Å²) in [5, 5.41) is 21.5. The van der Waals surface area contributed by atoms with Crippen LogP contribution < -0.4 is 5.11 Å². The van der Waals surface area contributed by atoms with Crippen molar-refractivity contribution in [1.82, 2.24) is 9.80 Å². The van der Waals surface area contributed by atoms with E-state index in [2.05, 4.69) is 55.4 Å². The van der Waals surface area contributed by atoms with Crippen molar-refractivity contribution in [2.24, 2.45) is 0 Å². The summed E-state index contributed by atoms with van der Waals surface area (Å²) in [6.07, 6.45) is 31.9. The normalized spacial score (nSPS) is 14.2. The Morgan fingerprint density at radius 2 is 0.616 bits per heavy atom. The van der Waals surface area contributed by atoms with E-state index < -0.39 is 0 Å². The molecule has 0 fully saturated rings. The topological polar surface area (TPSA) is 80.8 Å². The van der Waals surface area contributed by atoms with E-state index in [-0.39, 0.29) is 36.0 Å². The average molecular weight is 998 g/mol. The molecule has 7 heteroatoms. The zero-order valence-corrected chi connectivity index (χ0v) is 47.4. The highest BCUT2D eigenvalue weighted by Gasteiger charge is 2.39. The minimum atomic E-state index is -0.187. The van der Waals surface area contributed by atoms with E-state index in [0.717, 1.165) is 172 Å². The van der Waals surface area contributed by atoms with Crippen LogP contribution in [0.5, 0.6) is 0 Å². The van der Waals surface area contributed by atoms with Gasteiger partial charge in [-0.15, -0.1) is 0 Å². The predicted octanol–water partition coefficient (Wildman–Crippen LogP) is 17.6. The van der Waals surface area contributed by atoms with Gasteiger partial charge in [-0.3, -0.25) is 19.3 Å².